The van der Waals surface area contributed by atoms with Gasteiger partial charge in [0, 0.05) is 45.8 Å². The van der Waals surface area contributed by atoms with Crippen molar-refractivity contribution in [3.05, 3.63) is 47.6 Å². The third-order valence-corrected chi connectivity index (χ3v) is 19.9. The Bertz CT molecular complexity index is 2090. The molecule has 3 N–H and O–H groups in total. The van der Waals surface area contributed by atoms with Crippen molar-refractivity contribution in [2.24, 2.45) is 57.2 Å². The molecule has 8 aliphatic rings. The lowest BCUT2D eigenvalue weighted by Crippen LogP contribution is -2.70. The number of alkyl halides is 4. The second-order valence-electron chi connectivity index (χ2n) is 20.1. The van der Waals surface area contributed by atoms with Crippen LogP contribution in [0, 0.1) is 57.2 Å². The SMILES string of the molecule is CCC(=O)O[C@]1(C(=O)SSC(=O)[C@@]2(O)[C@H](C)C[C@H]3[C@@H]4C[C@H](F)C5=CC(=O)C=C[C@]5(C)[C@@]4(F)[C@@H](O)C[C@@]32C)[C@H](C)C[C@H]2[C@@H]3C[C@H](F)C4=CC(=O)C=C[C@]4(C)[C@@]3(F)[C@@H](O)C[C@@]21C. The highest BCUT2D eigenvalue weighted by atomic mass is 33.1. The summed E-state index contributed by atoms with van der Waals surface area (Å²) < 4.78 is 74.0. The Morgan fingerprint density at radius 3 is 1.63 bits per heavy atom. The third kappa shape index (κ3) is 5.10. The second-order valence-corrected chi connectivity index (χ2v) is 22.1. The van der Waals surface area contributed by atoms with Gasteiger partial charge in [-0.2, -0.15) is 0 Å². The lowest BCUT2D eigenvalue weighted by molar-refractivity contribution is -0.228. The summed E-state index contributed by atoms with van der Waals surface area (Å²) in [5.74, 6) is -7.28. The number of carbonyl (C=O) groups is 5. The molecule has 0 radical (unpaired) electrons. The Kier molecular flexibility index (Phi) is 10.1. The van der Waals surface area contributed by atoms with Gasteiger partial charge >= 0.3 is 5.97 Å². The van der Waals surface area contributed by atoms with Crippen LogP contribution in [0.1, 0.15) is 93.4 Å². The van der Waals surface area contributed by atoms with E-state index >= 15 is 17.6 Å². The summed E-state index contributed by atoms with van der Waals surface area (Å²) in [6.07, 6.45) is -1.36. The van der Waals surface area contributed by atoms with Gasteiger partial charge in [0.1, 0.15) is 17.9 Å². The number of aliphatic hydroxyl groups excluding tert-OH is 2. The number of hydrogen-bond donors (Lipinski definition) is 3. The Balaban J connectivity index is 1.10. The van der Waals surface area contributed by atoms with Gasteiger partial charge in [0.15, 0.2) is 28.5 Å². The van der Waals surface area contributed by atoms with Gasteiger partial charge in [-0.05, 0) is 127 Å². The summed E-state index contributed by atoms with van der Waals surface area (Å²) >= 11 is 0. The molecule has 0 aromatic heterocycles. The van der Waals surface area contributed by atoms with E-state index in [0.29, 0.717) is 21.6 Å². The van der Waals surface area contributed by atoms with Crippen molar-refractivity contribution in [1.29, 1.82) is 0 Å². The predicted molar refractivity (Wildman–Crippen MR) is 216 cm³/mol. The highest BCUT2D eigenvalue weighted by Crippen LogP contribution is 2.74. The van der Waals surface area contributed by atoms with E-state index in [-0.39, 0.29) is 56.1 Å². The van der Waals surface area contributed by atoms with Crippen LogP contribution >= 0.6 is 21.6 Å². The zero-order valence-corrected chi connectivity index (χ0v) is 36.4. The molecular formula is C45H54F4O9S2. The minimum Gasteiger partial charge on any atom is -0.449 e. The number of ether oxygens (including phenoxy) is 1. The van der Waals surface area contributed by atoms with E-state index in [4.69, 9.17) is 4.74 Å². The van der Waals surface area contributed by atoms with Gasteiger partial charge < -0.3 is 20.1 Å². The van der Waals surface area contributed by atoms with E-state index in [0.717, 1.165) is 12.2 Å². The van der Waals surface area contributed by atoms with Gasteiger partial charge in [0.25, 0.3) is 0 Å². The maximum Gasteiger partial charge on any atom is 0.306 e. The molecule has 8 rings (SSSR count). The molecule has 18 atom stereocenters. The molecule has 0 heterocycles. The van der Waals surface area contributed by atoms with E-state index in [1.54, 1.807) is 27.7 Å². The van der Waals surface area contributed by atoms with Gasteiger partial charge in [-0.3, -0.25) is 24.0 Å². The zero-order valence-electron chi connectivity index (χ0n) is 34.8. The van der Waals surface area contributed by atoms with E-state index < -0.39 is 132 Å². The van der Waals surface area contributed by atoms with Crippen LogP contribution in [0.5, 0.6) is 0 Å². The van der Waals surface area contributed by atoms with Crippen molar-refractivity contribution < 1.29 is 61.6 Å². The van der Waals surface area contributed by atoms with E-state index in [2.05, 4.69) is 0 Å². The summed E-state index contributed by atoms with van der Waals surface area (Å²) in [6, 6.07) is 0. The van der Waals surface area contributed by atoms with Crippen LogP contribution in [0.25, 0.3) is 0 Å². The molecule has 0 aromatic rings. The fourth-order valence-corrected chi connectivity index (χ4v) is 17.2. The molecule has 328 valence electrons. The number of ketones is 2. The molecule has 9 nitrogen and oxygen atoms in total. The van der Waals surface area contributed by atoms with Gasteiger partial charge in [-0.25, -0.2) is 17.6 Å². The standard InChI is InChI=1S/C45H54F4O9S2/c1-8-35(54)58-45(22(3)14-26-28-18-32(47)30-16-24(51)10-12-39(30,5)43(28,49)34(53)20-41(26,45)7)37(56)60-59-36(55)44(57)21(2)13-25-27-17-31(46)29-15-23(50)9-11-38(29,4)42(27,48)33(52)19-40(25,44)6/h9-12,15-16,21-22,25-28,31-34,52-53,57H,8,13-14,17-20H2,1-7H3/t21-,22-,25+,26+,27+,28+,31+,32+,33+,34+,38+,39+,40+,41+,42+,43+,44+,45+/m1/s1. The molecule has 0 aromatic carbocycles. The number of rotatable bonds is 4. The van der Waals surface area contributed by atoms with Crippen LogP contribution in [-0.4, -0.2) is 90.2 Å². The molecule has 0 amide bonds. The number of fused-ring (bicyclic) bond motifs is 10. The first-order valence-corrected chi connectivity index (χ1v) is 23.2. The van der Waals surface area contributed by atoms with Crippen molar-refractivity contribution in [1.82, 2.24) is 0 Å². The molecule has 60 heavy (non-hydrogen) atoms. The van der Waals surface area contributed by atoms with Crippen molar-refractivity contribution in [2.75, 3.05) is 0 Å². The Hall–Kier alpha value is -2.59. The summed E-state index contributed by atoms with van der Waals surface area (Å²) in [6.45, 7) is 11.0. The molecule has 0 bridgehead atoms. The highest BCUT2D eigenvalue weighted by Gasteiger charge is 2.80. The Morgan fingerprint density at radius 1 is 0.717 bits per heavy atom. The predicted octanol–water partition coefficient (Wildman–Crippen LogP) is 6.97. The lowest BCUT2D eigenvalue weighted by Gasteiger charge is -2.63. The van der Waals surface area contributed by atoms with Gasteiger partial charge in [0.05, 0.1) is 12.2 Å². The molecule has 6 fully saturated rings. The molecule has 8 aliphatic carbocycles. The summed E-state index contributed by atoms with van der Waals surface area (Å²) in [5, 5.41) is 34.7. The van der Waals surface area contributed by atoms with Crippen molar-refractivity contribution >= 4 is 49.4 Å². The van der Waals surface area contributed by atoms with Gasteiger partial charge in [-0.15, -0.1) is 0 Å². The monoisotopic (exact) mass is 878 g/mol. The fourth-order valence-electron chi connectivity index (χ4n) is 14.6. The molecule has 6 saturated carbocycles. The molecule has 0 unspecified atom stereocenters. The van der Waals surface area contributed by atoms with Crippen molar-refractivity contribution in [2.45, 2.75) is 141 Å². The van der Waals surface area contributed by atoms with Gasteiger partial charge in [0.2, 0.25) is 10.2 Å². The number of aliphatic hydroxyl groups is 3. The van der Waals surface area contributed by atoms with Crippen LogP contribution in [-0.2, 0) is 28.7 Å². The van der Waals surface area contributed by atoms with Crippen molar-refractivity contribution in [3.63, 3.8) is 0 Å². The maximum atomic E-state index is 17.9. The lowest BCUT2D eigenvalue weighted by atomic mass is 9.44. The molecule has 15 heteroatoms. The van der Waals surface area contributed by atoms with E-state index in [1.165, 1.54) is 45.1 Å². The van der Waals surface area contributed by atoms with E-state index in [1.807, 2.05) is 0 Å². The fraction of sp³-hybridized carbons (Fsp3) is 0.711. The zero-order chi connectivity index (χ0) is 44.1. The van der Waals surface area contributed by atoms with Crippen LogP contribution < -0.4 is 0 Å². The maximum absolute atomic E-state index is 17.9. The summed E-state index contributed by atoms with van der Waals surface area (Å²) in [7, 11) is 0.860. The molecule has 0 spiro atoms. The average molecular weight is 879 g/mol. The number of esters is 1. The minimum atomic E-state index is -2.45. The number of halogens is 4. The Labute approximate surface area is 355 Å². The molecule has 0 saturated heterocycles. The van der Waals surface area contributed by atoms with Crippen LogP contribution in [0.15, 0.2) is 47.6 Å². The van der Waals surface area contributed by atoms with E-state index in [9.17, 15) is 39.3 Å². The van der Waals surface area contributed by atoms with Crippen LogP contribution in [0.2, 0.25) is 0 Å². The highest BCUT2D eigenvalue weighted by molar-refractivity contribution is 8.87. The topological polar surface area (TPSA) is 155 Å². The normalized spacial score (nSPS) is 52.5. The summed E-state index contributed by atoms with van der Waals surface area (Å²) in [4.78, 5) is 67.4. The van der Waals surface area contributed by atoms with Gasteiger partial charge in [-0.1, -0.05) is 46.8 Å². The molecule has 0 aliphatic heterocycles. The van der Waals surface area contributed by atoms with Crippen molar-refractivity contribution in [3.8, 4) is 0 Å². The second kappa shape index (κ2) is 13.7. The Morgan fingerprint density at radius 2 is 1.15 bits per heavy atom. The largest absolute Gasteiger partial charge is 0.449 e. The first-order chi connectivity index (χ1) is 27.8. The number of allylic oxidation sites excluding steroid dienone is 8. The summed E-state index contributed by atoms with van der Waals surface area (Å²) in [5.41, 5.74) is -15.6. The number of hydrogen-bond acceptors (Lipinski definition) is 11. The first-order valence-electron chi connectivity index (χ1n) is 21.1. The minimum absolute atomic E-state index is 0.0529. The molecular weight excluding hydrogens is 825 g/mol. The third-order valence-electron chi connectivity index (χ3n) is 17.7. The first kappa shape index (κ1) is 44.0. The van der Waals surface area contributed by atoms with Crippen LogP contribution in [0.3, 0.4) is 0 Å². The quantitative estimate of drug-likeness (QED) is 0.152. The van der Waals surface area contributed by atoms with Crippen LogP contribution in [0.4, 0.5) is 17.6 Å². The average Bonchev–Trinajstić information content (AvgIpc) is 3.53. The number of carbonyl (C=O) groups excluding carboxylic acids is 5. The smallest absolute Gasteiger partial charge is 0.306 e.